The summed E-state index contributed by atoms with van der Waals surface area (Å²) in [4.78, 5) is 10.3. The topological polar surface area (TPSA) is 77.1 Å². The Labute approximate surface area is 122 Å². The van der Waals surface area contributed by atoms with E-state index < -0.39 is 4.92 Å². The normalized spacial score (nSPS) is 10.8. The summed E-state index contributed by atoms with van der Waals surface area (Å²) in [6.07, 6.45) is 0. The minimum atomic E-state index is -0.497. The van der Waals surface area contributed by atoms with Gasteiger partial charge in [0, 0.05) is 12.1 Å². The van der Waals surface area contributed by atoms with E-state index in [-0.39, 0.29) is 11.4 Å². The van der Waals surface area contributed by atoms with Crippen molar-refractivity contribution < 1.29 is 9.66 Å². The molecule has 0 unspecified atom stereocenters. The molecule has 6 nitrogen and oxygen atoms in total. The van der Waals surface area contributed by atoms with Crippen LogP contribution >= 0.6 is 0 Å². The molecule has 108 valence electrons. The van der Waals surface area contributed by atoms with Gasteiger partial charge in [-0.15, -0.1) is 0 Å². The van der Waals surface area contributed by atoms with Gasteiger partial charge >= 0.3 is 5.69 Å². The van der Waals surface area contributed by atoms with Gasteiger partial charge in [-0.05, 0) is 43.2 Å². The Kier molecular flexibility index (Phi) is 4.27. The van der Waals surface area contributed by atoms with Gasteiger partial charge in [-0.25, -0.2) is 0 Å². The van der Waals surface area contributed by atoms with Crippen LogP contribution < -0.4 is 4.74 Å². The fourth-order valence-corrected chi connectivity index (χ4v) is 1.78. The summed E-state index contributed by atoms with van der Waals surface area (Å²) in [6.45, 7) is 4.03. The van der Waals surface area contributed by atoms with E-state index in [0.717, 1.165) is 11.3 Å². The van der Waals surface area contributed by atoms with E-state index in [4.69, 9.17) is 4.74 Å². The van der Waals surface area contributed by atoms with Crippen LogP contribution in [0.1, 0.15) is 11.1 Å². The summed E-state index contributed by atoms with van der Waals surface area (Å²) in [5, 5.41) is 19.0. The van der Waals surface area contributed by atoms with Gasteiger partial charge in [0.2, 0.25) is 0 Å². The molecule has 2 rings (SSSR count). The van der Waals surface area contributed by atoms with Crippen molar-refractivity contribution in [3.63, 3.8) is 0 Å². The highest BCUT2D eigenvalue weighted by Crippen LogP contribution is 2.31. The van der Waals surface area contributed by atoms with Gasteiger partial charge in [-0.2, -0.15) is 10.2 Å². The molecule has 0 aliphatic carbocycles. The monoisotopic (exact) mass is 285 g/mol. The highest BCUT2D eigenvalue weighted by molar-refractivity contribution is 5.55. The first kappa shape index (κ1) is 14.6. The molecule has 0 spiro atoms. The number of hydrogen-bond donors (Lipinski definition) is 0. The van der Waals surface area contributed by atoms with Crippen LogP contribution in [0.25, 0.3) is 0 Å². The number of rotatable bonds is 4. The molecule has 21 heavy (non-hydrogen) atoms. The van der Waals surface area contributed by atoms with Crippen LogP contribution in [0.3, 0.4) is 0 Å². The van der Waals surface area contributed by atoms with E-state index in [1.54, 1.807) is 0 Å². The van der Waals surface area contributed by atoms with Crippen molar-refractivity contribution in [1.82, 2.24) is 0 Å². The number of nitro groups is 1. The fraction of sp³-hybridized carbons (Fsp3) is 0.200. The van der Waals surface area contributed by atoms with Crippen molar-refractivity contribution in [2.75, 3.05) is 7.11 Å². The molecule has 2 aromatic rings. The van der Waals surface area contributed by atoms with E-state index in [9.17, 15) is 10.1 Å². The first-order valence-electron chi connectivity index (χ1n) is 6.32. The van der Waals surface area contributed by atoms with Gasteiger partial charge in [0.25, 0.3) is 0 Å². The van der Waals surface area contributed by atoms with Crippen LogP contribution in [-0.2, 0) is 0 Å². The zero-order valence-electron chi connectivity index (χ0n) is 12.0. The molecule has 0 radical (unpaired) electrons. The highest BCUT2D eigenvalue weighted by Gasteiger charge is 2.14. The van der Waals surface area contributed by atoms with Gasteiger partial charge in [0.1, 0.15) is 0 Å². The second-order valence-corrected chi connectivity index (χ2v) is 4.58. The summed E-state index contributed by atoms with van der Waals surface area (Å²) >= 11 is 0. The summed E-state index contributed by atoms with van der Waals surface area (Å²) in [7, 11) is 1.38. The first-order valence-corrected chi connectivity index (χ1v) is 6.32. The third-order valence-electron chi connectivity index (χ3n) is 3.13. The lowest BCUT2D eigenvalue weighted by Crippen LogP contribution is -1.92. The standard InChI is InChI=1S/C15H15N3O3/c1-10-4-5-12(8-11(10)2)16-17-13-6-7-14(18(19)20)15(9-13)21-3/h4-9H,1-3H3/b17-16+. The van der Waals surface area contributed by atoms with Crippen molar-refractivity contribution in [1.29, 1.82) is 0 Å². The lowest BCUT2D eigenvalue weighted by molar-refractivity contribution is -0.385. The minimum absolute atomic E-state index is 0.0948. The molecule has 6 heteroatoms. The first-order chi connectivity index (χ1) is 10.0. The van der Waals surface area contributed by atoms with E-state index in [0.29, 0.717) is 5.69 Å². The number of aryl methyl sites for hydroxylation is 2. The zero-order valence-corrected chi connectivity index (χ0v) is 12.0. The second-order valence-electron chi connectivity index (χ2n) is 4.58. The number of nitrogens with zero attached hydrogens (tertiary/aromatic N) is 3. The molecule has 0 N–H and O–H groups in total. The fourth-order valence-electron chi connectivity index (χ4n) is 1.78. The van der Waals surface area contributed by atoms with Gasteiger partial charge < -0.3 is 4.74 Å². The van der Waals surface area contributed by atoms with E-state index >= 15 is 0 Å². The van der Waals surface area contributed by atoms with E-state index in [2.05, 4.69) is 10.2 Å². The molecule has 0 saturated carbocycles. The van der Waals surface area contributed by atoms with Crippen LogP contribution in [0.15, 0.2) is 46.6 Å². The molecule has 0 bridgehead atoms. The minimum Gasteiger partial charge on any atom is -0.490 e. The van der Waals surface area contributed by atoms with Gasteiger partial charge in [-0.1, -0.05) is 6.07 Å². The van der Waals surface area contributed by atoms with Crippen LogP contribution in [0.4, 0.5) is 17.1 Å². The average molecular weight is 285 g/mol. The predicted molar refractivity (Wildman–Crippen MR) is 79.7 cm³/mol. The third-order valence-corrected chi connectivity index (χ3v) is 3.13. The number of methoxy groups -OCH3 is 1. The second kappa shape index (κ2) is 6.13. The van der Waals surface area contributed by atoms with Gasteiger partial charge in [-0.3, -0.25) is 10.1 Å². The van der Waals surface area contributed by atoms with Crippen molar-refractivity contribution >= 4 is 17.1 Å². The molecule has 0 amide bonds. The molecular weight excluding hydrogens is 270 g/mol. The van der Waals surface area contributed by atoms with Gasteiger partial charge in [0.15, 0.2) is 5.75 Å². The largest absolute Gasteiger partial charge is 0.490 e. The van der Waals surface area contributed by atoms with Crippen molar-refractivity contribution in [2.45, 2.75) is 13.8 Å². The van der Waals surface area contributed by atoms with Crippen molar-refractivity contribution in [3.8, 4) is 5.75 Å². The summed E-state index contributed by atoms with van der Waals surface area (Å²) in [5.41, 5.74) is 3.45. The molecular formula is C15H15N3O3. The predicted octanol–water partition coefficient (Wildman–Crippen LogP) is 4.64. The van der Waals surface area contributed by atoms with Crippen LogP contribution in [0.2, 0.25) is 0 Å². The maximum absolute atomic E-state index is 10.8. The number of hydrogen-bond acceptors (Lipinski definition) is 5. The van der Waals surface area contributed by atoms with Crippen LogP contribution in [-0.4, -0.2) is 12.0 Å². The Balaban J connectivity index is 2.28. The molecule has 0 aliphatic rings. The Hall–Kier alpha value is -2.76. The number of benzene rings is 2. The molecule has 2 aromatic carbocycles. The lowest BCUT2D eigenvalue weighted by atomic mass is 10.1. The Morgan fingerprint density at radius 2 is 1.62 bits per heavy atom. The smallest absolute Gasteiger partial charge is 0.311 e. The summed E-state index contributed by atoms with van der Waals surface area (Å²) < 4.78 is 4.99. The summed E-state index contributed by atoms with van der Waals surface area (Å²) in [6, 6.07) is 10.2. The molecule has 0 saturated heterocycles. The van der Waals surface area contributed by atoms with Gasteiger partial charge in [0.05, 0.1) is 23.4 Å². The van der Waals surface area contributed by atoms with Crippen LogP contribution in [0, 0.1) is 24.0 Å². The molecule has 0 heterocycles. The third kappa shape index (κ3) is 3.42. The van der Waals surface area contributed by atoms with Crippen LogP contribution in [0.5, 0.6) is 5.75 Å². The maximum Gasteiger partial charge on any atom is 0.311 e. The Morgan fingerprint density at radius 1 is 1.00 bits per heavy atom. The highest BCUT2D eigenvalue weighted by atomic mass is 16.6. The zero-order chi connectivity index (χ0) is 15.4. The van der Waals surface area contributed by atoms with E-state index in [1.807, 2.05) is 32.0 Å². The molecule has 0 fully saturated rings. The maximum atomic E-state index is 10.8. The summed E-state index contributed by atoms with van der Waals surface area (Å²) in [5.74, 6) is 0.163. The Bertz CT molecular complexity index is 711. The number of ether oxygens (including phenoxy) is 1. The average Bonchev–Trinajstić information content (AvgIpc) is 2.48. The lowest BCUT2D eigenvalue weighted by Gasteiger charge is -2.02. The SMILES string of the molecule is COc1cc(/N=N/c2ccc(C)c(C)c2)ccc1[N+](=O)[O-]. The van der Waals surface area contributed by atoms with Crippen molar-refractivity contribution in [3.05, 3.63) is 57.6 Å². The number of nitro benzene ring substituents is 1. The number of azo groups is 1. The molecule has 0 aromatic heterocycles. The Morgan fingerprint density at radius 3 is 2.19 bits per heavy atom. The molecule has 0 aliphatic heterocycles. The van der Waals surface area contributed by atoms with Crippen molar-refractivity contribution in [2.24, 2.45) is 10.2 Å². The van der Waals surface area contributed by atoms with E-state index in [1.165, 1.54) is 30.9 Å². The quantitative estimate of drug-likeness (QED) is 0.466. The molecule has 0 atom stereocenters.